The fourth-order valence-electron chi connectivity index (χ4n) is 3.18. The molecular formula is C20H14N2O4. The van der Waals surface area contributed by atoms with Crippen LogP contribution in [0.15, 0.2) is 48.7 Å². The lowest BCUT2D eigenvalue weighted by molar-refractivity contribution is -0.134. The Bertz CT molecular complexity index is 1090. The Hall–Kier alpha value is -3.38. The van der Waals surface area contributed by atoms with E-state index in [1.165, 1.54) is 6.07 Å². The number of carbonyl (C=O) groups is 3. The maximum atomic E-state index is 13.1. The van der Waals surface area contributed by atoms with Crippen molar-refractivity contribution in [1.29, 1.82) is 0 Å². The summed E-state index contributed by atoms with van der Waals surface area (Å²) in [6.07, 6.45) is 1.58. The molecule has 0 radical (unpaired) electrons. The molecule has 0 bridgehead atoms. The number of pyridine rings is 1. The average Bonchev–Trinajstić information content (AvgIpc) is 2.65. The number of nitrogens with two attached hydrogens (primary N) is 1. The lowest BCUT2D eigenvalue weighted by atomic mass is 9.82. The molecule has 0 saturated carbocycles. The summed E-state index contributed by atoms with van der Waals surface area (Å²) in [6, 6.07) is 11.6. The van der Waals surface area contributed by atoms with Gasteiger partial charge in [-0.25, -0.2) is 0 Å². The fourth-order valence-corrected chi connectivity index (χ4v) is 3.18. The Labute approximate surface area is 148 Å². The zero-order valence-electron chi connectivity index (χ0n) is 13.7. The smallest absolute Gasteiger partial charge is 0.312 e. The Morgan fingerprint density at radius 1 is 1.00 bits per heavy atom. The number of ether oxygens (including phenoxy) is 1. The maximum Gasteiger partial charge on any atom is 0.312 e. The van der Waals surface area contributed by atoms with Gasteiger partial charge in [0.25, 0.3) is 0 Å². The quantitative estimate of drug-likeness (QED) is 0.451. The van der Waals surface area contributed by atoms with Gasteiger partial charge in [0.1, 0.15) is 5.75 Å². The van der Waals surface area contributed by atoms with Crippen LogP contribution in [0.25, 0.3) is 10.9 Å². The lowest BCUT2D eigenvalue weighted by Gasteiger charge is -2.21. The first-order valence-electron chi connectivity index (χ1n) is 8.12. The molecule has 128 valence electrons. The number of hydrogen-bond acceptors (Lipinski definition) is 6. The first-order chi connectivity index (χ1) is 12.6. The van der Waals surface area contributed by atoms with Crippen LogP contribution >= 0.6 is 0 Å². The standard InChI is InChI=1S/C20H14N2O4/c21-8-7-16(23)26-15-10-14-13(6-3-9-22-14)17-18(15)20(25)12-5-2-1-4-11(12)19(17)24/h1-6,9-10H,7-8,21H2. The SMILES string of the molecule is NCCC(=O)Oc1cc2ncccc2c2c1C(=O)c1ccccc1C2=O. The van der Waals surface area contributed by atoms with Gasteiger partial charge >= 0.3 is 5.97 Å². The van der Waals surface area contributed by atoms with Crippen molar-refractivity contribution in [3.05, 3.63) is 70.9 Å². The molecule has 2 N–H and O–H groups in total. The third-order valence-corrected chi connectivity index (χ3v) is 4.31. The minimum atomic E-state index is -0.566. The van der Waals surface area contributed by atoms with E-state index in [4.69, 9.17) is 10.5 Å². The molecule has 1 aliphatic rings. The molecule has 6 nitrogen and oxygen atoms in total. The minimum absolute atomic E-state index is 0.00769. The highest BCUT2D eigenvalue weighted by Crippen LogP contribution is 2.37. The van der Waals surface area contributed by atoms with Crippen LogP contribution in [0.1, 0.15) is 38.3 Å². The van der Waals surface area contributed by atoms with Crippen molar-refractivity contribution >= 4 is 28.4 Å². The summed E-state index contributed by atoms with van der Waals surface area (Å²) < 4.78 is 5.36. The van der Waals surface area contributed by atoms with Crippen molar-refractivity contribution in [3.8, 4) is 5.75 Å². The van der Waals surface area contributed by atoms with E-state index >= 15 is 0 Å². The van der Waals surface area contributed by atoms with Crippen molar-refractivity contribution in [2.24, 2.45) is 5.73 Å². The molecule has 26 heavy (non-hydrogen) atoms. The predicted octanol–water partition coefficient (Wildman–Crippen LogP) is 2.26. The maximum absolute atomic E-state index is 13.1. The number of esters is 1. The molecule has 2 aromatic carbocycles. The summed E-state index contributed by atoms with van der Waals surface area (Å²) in [4.78, 5) is 42.3. The van der Waals surface area contributed by atoms with Crippen LogP contribution in [-0.2, 0) is 4.79 Å². The van der Waals surface area contributed by atoms with E-state index in [-0.39, 0.29) is 41.4 Å². The fraction of sp³-hybridized carbons (Fsp3) is 0.100. The summed E-state index contributed by atoms with van der Waals surface area (Å²) in [5.74, 6) is -1.16. The number of benzene rings is 2. The number of rotatable bonds is 3. The van der Waals surface area contributed by atoms with E-state index in [0.717, 1.165) is 0 Å². The molecule has 0 saturated heterocycles. The minimum Gasteiger partial charge on any atom is -0.426 e. The number of ketones is 2. The highest BCUT2D eigenvalue weighted by Gasteiger charge is 2.34. The van der Waals surface area contributed by atoms with Gasteiger partial charge in [-0.2, -0.15) is 0 Å². The van der Waals surface area contributed by atoms with Gasteiger partial charge in [-0.15, -0.1) is 0 Å². The molecule has 0 aliphatic heterocycles. The van der Waals surface area contributed by atoms with E-state index in [1.807, 2.05) is 0 Å². The third-order valence-electron chi connectivity index (χ3n) is 4.31. The Morgan fingerprint density at radius 3 is 2.38 bits per heavy atom. The number of nitrogens with zero attached hydrogens (tertiary/aromatic N) is 1. The lowest BCUT2D eigenvalue weighted by Crippen LogP contribution is -2.23. The van der Waals surface area contributed by atoms with Crippen molar-refractivity contribution in [2.75, 3.05) is 6.54 Å². The summed E-state index contributed by atoms with van der Waals surface area (Å²) in [6.45, 7) is 0.128. The number of hydrogen-bond donors (Lipinski definition) is 1. The van der Waals surface area contributed by atoms with Crippen LogP contribution in [0.2, 0.25) is 0 Å². The molecule has 1 heterocycles. The molecule has 0 atom stereocenters. The monoisotopic (exact) mass is 346 g/mol. The molecule has 0 amide bonds. The van der Waals surface area contributed by atoms with Crippen LogP contribution < -0.4 is 10.5 Å². The Morgan fingerprint density at radius 2 is 1.69 bits per heavy atom. The molecular weight excluding hydrogens is 332 g/mol. The summed E-state index contributed by atoms with van der Waals surface area (Å²) in [5, 5.41) is 0.550. The van der Waals surface area contributed by atoms with E-state index in [2.05, 4.69) is 4.98 Å². The first kappa shape index (κ1) is 16.1. The van der Waals surface area contributed by atoms with Gasteiger partial charge in [0.05, 0.1) is 17.5 Å². The number of fused-ring (bicyclic) bond motifs is 4. The molecule has 4 rings (SSSR count). The van der Waals surface area contributed by atoms with Gasteiger partial charge in [0.15, 0.2) is 11.6 Å². The highest BCUT2D eigenvalue weighted by atomic mass is 16.5. The highest BCUT2D eigenvalue weighted by molar-refractivity contribution is 6.33. The molecule has 0 fully saturated rings. The zero-order chi connectivity index (χ0) is 18.3. The van der Waals surface area contributed by atoms with Gasteiger partial charge in [-0.05, 0) is 6.07 Å². The van der Waals surface area contributed by atoms with Gasteiger partial charge in [0.2, 0.25) is 0 Å². The molecule has 3 aromatic rings. The largest absolute Gasteiger partial charge is 0.426 e. The van der Waals surface area contributed by atoms with Crippen molar-refractivity contribution in [2.45, 2.75) is 6.42 Å². The number of carbonyl (C=O) groups excluding carboxylic acids is 3. The van der Waals surface area contributed by atoms with Gasteiger partial charge in [-0.3, -0.25) is 19.4 Å². The average molecular weight is 346 g/mol. The first-order valence-corrected chi connectivity index (χ1v) is 8.12. The zero-order valence-corrected chi connectivity index (χ0v) is 13.7. The predicted molar refractivity (Wildman–Crippen MR) is 94.4 cm³/mol. The second-order valence-corrected chi connectivity index (χ2v) is 5.91. The molecule has 6 heteroatoms. The molecule has 0 unspecified atom stereocenters. The summed E-state index contributed by atoms with van der Waals surface area (Å²) >= 11 is 0. The van der Waals surface area contributed by atoms with Crippen LogP contribution in [-0.4, -0.2) is 29.1 Å². The van der Waals surface area contributed by atoms with E-state index in [0.29, 0.717) is 22.0 Å². The van der Waals surface area contributed by atoms with Gasteiger partial charge in [0, 0.05) is 40.9 Å². The normalized spacial score (nSPS) is 12.7. The van der Waals surface area contributed by atoms with Crippen molar-refractivity contribution < 1.29 is 19.1 Å². The van der Waals surface area contributed by atoms with Gasteiger partial charge < -0.3 is 10.5 Å². The Kier molecular flexibility index (Phi) is 3.82. The Balaban J connectivity index is 2.02. The van der Waals surface area contributed by atoms with Crippen molar-refractivity contribution in [3.63, 3.8) is 0 Å². The summed E-state index contributed by atoms with van der Waals surface area (Å²) in [5.41, 5.74) is 6.81. The third kappa shape index (κ3) is 2.39. The molecule has 1 aliphatic carbocycles. The topological polar surface area (TPSA) is 99.3 Å². The van der Waals surface area contributed by atoms with Crippen LogP contribution in [0, 0.1) is 0 Å². The molecule has 0 spiro atoms. The van der Waals surface area contributed by atoms with Gasteiger partial charge in [-0.1, -0.05) is 30.3 Å². The van der Waals surface area contributed by atoms with E-state index in [9.17, 15) is 14.4 Å². The second kappa shape index (κ2) is 6.16. The number of aromatic nitrogens is 1. The van der Waals surface area contributed by atoms with Crippen LogP contribution in [0.5, 0.6) is 5.75 Å². The summed E-state index contributed by atoms with van der Waals surface area (Å²) in [7, 11) is 0. The second-order valence-electron chi connectivity index (χ2n) is 5.91. The van der Waals surface area contributed by atoms with E-state index < -0.39 is 5.97 Å². The van der Waals surface area contributed by atoms with Crippen molar-refractivity contribution in [1.82, 2.24) is 4.98 Å². The van der Waals surface area contributed by atoms with Crippen LogP contribution in [0.4, 0.5) is 0 Å². The molecule has 1 aromatic heterocycles. The van der Waals surface area contributed by atoms with Crippen LogP contribution in [0.3, 0.4) is 0 Å². The van der Waals surface area contributed by atoms with E-state index in [1.54, 1.807) is 42.6 Å².